The van der Waals surface area contributed by atoms with Gasteiger partial charge in [0, 0.05) is 15.5 Å². The molecule has 0 bridgehead atoms. The van der Waals surface area contributed by atoms with Crippen molar-refractivity contribution in [3.8, 4) is 0 Å². The zero-order valence-corrected chi connectivity index (χ0v) is 9.37. The lowest BCUT2D eigenvalue weighted by atomic mass is 10.2. The Balaban J connectivity index is 2.93. The lowest BCUT2D eigenvalue weighted by molar-refractivity contribution is 0.814. The minimum atomic E-state index is 0.889. The Morgan fingerprint density at radius 1 is 1.36 bits per heavy atom. The molecule has 1 aromatic carbocycles. The average molecular weight is 279 g/mol. The molecule has 0 heterocycles. The van der Waals surface area contributed by atoms with Crippen molar-refractivity contribution < 1.29 is 0 Å². The van der Waals surface area contributed by atoms with Crippen LogP contribution in [0.5, 0.6) is 0 Å². The number of hydrogen-bond acceptors (Lipinski definition) is 1. The van der Waals surface area contributed by atoms with Crippen LogP contribution in [0.1, 0.15) is 5.56 Å². The molecular weight excluding hydrogens is 270 g/mol. The van der Waals surface area contributed by atoms with Gasteiger partial charge in [-0.1, -0.05) is 31.9 Å². The van der Waals surface area contributed by atoms with Gasteiger partial charge in [-0.15, -0.1) is 0 Å². The van der Waals surface area contributed by atoms with Crippen LogP contribution in [0.25, 0.3) is 0 Å². The minimum absolute atomic E-state index is 0.889. The molecule has 0 saturated carbocycles. The third-order valence-corrected chi connectivity index (χ3v) is 2.64. The molecule has 11 heavy (non-hydrogen) atoms. The summed E-state index contributed by atoms with van der Waals surface area (Å²) in [7, 11) is 1.94. The molecule has 0 aliphatic carbocycles. The van der Waals surface area contributed by atoms with Crippen LogP contribution in [0.4, 0.5) is 0 Å². The summed E-state index contributed by atoms with van der Waals surface area (Å²) >= 11 is 6.89. The van der Waals surface area contributed by atoms with Crippen molar-refractivity contribution in [2.45, 2.75) is 6.54 Å². The highest BCUT2D eigenvalue weighted by molar-refractivity contribution is 9.11. The first kappa shape index (κ1) is 9.23. The van der Waals surface area contributed by atoms with Crippen molar-refractivity contribution in [3.63, 3.8) is 0 Å². The Morgan fingerprint density at radius 2 is 2.09 bits per heavy atom. The summed E-state index contributed by atoms with van der Waals surface area (Å²) in [6.07, 6.45) is 0. The molecule has 1 aromatic rings. The second-order valence-electron chi connectivity index (χ2n) is 2.27. The lowest BCUT2D eigenvalue weighted by Gasteiger charge is -2.03. The Hall–Kier alpha value is 0.140. The molecule has 60 valence electrons. The largest absolute Gasteiger partial charge is 0.316 e. The Morgan fingerprint density at radius 3 is 2.73 bits per heavy atom. The maximum atomic E-state index is 3.47. The summed E-state index contributed by atoms with van der Waals surface area (Å²) < 4.78 is 2.26. The Labute approximate surface area is 83.4 Å². The summed E-state index contributed by atoms with van der Waals surface area (Å²) in [6.45, 7) is 0.889. The van der Waals surface area contributed by atoms with E-state index in [0.29, 0.717) is 0 Å². The first-order valence-electron chi connectivity index (χ1n) is 3.32. The number of hydrogen-bond donors (Lipinski definition) is 1. The molecule has 0 saturated heterocycles. The van der Waals surface area contributed by atoms with Gasteiger partial charge in [-0.05, 0) is 30.8 Å². The van der Waals surface area contributed by atoms with Crippen molar-refractivity contribution in [3.05, 3.63) is 32.7 Å². The van der Waals surface area contributed by atoms with Crippen LogP contribution in [0, 0.1) is 0 Å². The van der Waals surface area contributed by atoms with E-state index in [1.54, 1.807) is 0 Å². The Kier molecular flexibility index (Phi) is 3.55. The minimum Gasteiger partial charge on any atom is -0.316 e. The van der Waals surface area contributed by atoms with E-state index in [1.807, 2.05) is 19.2 Å². The van der Waals surface area contributed by atoms with Crippen LogP contribution in [0.15, 0.2) is 27.1 Å². The van der Waals surface area contributed by atoms with Gasteiger partial charge in [0.15, 0.2) is 0 Å². The topological polar surface area (TPSA) is 12.0 Å². The molecule has 1 rings (SSSR count). The quantitative estimate of drug-likeness (QED) is 0.877. The SMILES string of the molecule is CNCc1cc(Br)ccc1Br. The summed E-state index contributed by atoms with van der Waals surface area (Å²) in [4.78, 5) is 0. The van der Waals surface area contributed by atoms with Crippen molar-refractivity contribution in [1.29, 1.82) is 0 Å². The number of halogens is 2. The van der Waals surface area contributed by atoms with E-state index >= 15 is 0 Å². The molecule has 0 unspecified atom stereocenters. The van der Waals surface area contributed by atoms with Crippen LogP contribution < -0.4 is 5.32 Å². The molecule has 0 amide bonds. The fourth-order valence-corrected chi connectivity index (χ4v) is 1.66. The molecule has 0 radical (unpaired) electrons. The summed E-state index contributed by atoms with van der Waals surface area (Å²) in [6, 6.07) is 6.15. The summed E-state index contributed by atoms with van der Waals surface area (Å²) in [5.41, 5.74) is 1.27. The third-order valence-electron chi connectivity index (χ3n) is 1.37. The van der Waals surface area contributed by atoms with E-state index in [0.717, 1.165) is 15.5 Å². The van der Waals surface area contributed by atoms with Gasteiger partial charge < -0.3 is 5.32 Å². The number of benzene rings is 1. The van der Waals surface area contributed by atoms with Gasteiger partial charge in [-0.25, -0.2) is 0 Å². The zero-order chi connectivity index (χ0) is 8.27. The fourth-order valence-electron chi connectivity index (χ4n) is 0.869. The predicted molar refractivity (Wildman–Crippen MR) is 54.6 cm³/mol. The van der Waals surface area contributed by atoms with Crippen LogP contribution in [0.2, 0.25) is 0 Å². The Bertz CT molecular complexity index is 248. The number of nitrogens with one attached hydrogen (secondary N) is 1. The van der Waals surface area contributed by atoms with Gasteiger partial charge in [0.25, 0.3) is 0 Å². The molecule has 0 aromatic heterocycles. The maximum Gasteiger partial charge on any atom is 0.0221 e. The van der Waals surface area contributed by atoms with E-state index in [-0.39, 0.29) is 0 Å². The summed E-state index contributed by atoms with van der Waals surface area (Å²) in [5.74, 6) is 0. The zero-order valence-electron chi connectivity index (χ0n) is 6.20. The van der Waals surface area contributed by atoms with Gasteiger partial charge in [0.2, 0.25) is 0 Å². The molecule has 0 aliphatic heterocycles. The standard InChI is InChI=1S/C8H9Br2N/c1-11-5-6-4-7(9)2-3-8(6)10/h2-4,11H,5H2,1H3. The van der Waals surface area contributed by atoms with E-state index in [9.17, 15) is 0 Å². The monoisotopic (exact) mass is 277 g/mol. The molecule has 0 spiro atoms. The highest BCUT2D eigenvalue weighted by Gasteiger charge is 1.97. The van der Waals surface area contributed by atoms with E-state index < -0.39 is 0 Å². The van der Waals surface area contributed by atoms with Gasteiger partial charge in [0.1, 0.15) is 0 Å². The van der Waals surface area contributed by atoms with E-state index in [1.165, 1.54) is 5.56 Å². The van der Waals surface area contributed by atoms with Crippen molar-refractivity contribution in [2.75, 3.05) is 7.05 Å². The van der Waals surface area contributed by atoms with Gasteiger partial charge >= 0.3 is 0 Å². The second kappa shape index (κ2) is 4.24. The summed E-state index contributed by atoms with van der Waals surface area (Å²) in [5, 5.41) is 3.10. The molecular formula is C8H9Br2N. The average Bonchev–Trinajstić information content (AvgIpc) is 1.98. The fraction of sp³-hybridized carbons (Fsp3) is 0.250. The molecule has 0 aliphatic rings. The predicted octanol–water partition coefficient (Wildman–Crippen LogP) is 2.93. The first-order valence-corrected chi connectivity index (χ1v) is 4.91. The normalized spacial score (nSPS) is 10.1. The third kappa shape index (κ3) is 2.58. The van der Waals surface area contributed by atoms with Crippen LogP contribution in [-0.4, -0.2) is 7.05 Å². The lowest BCUT2D eigenvalue weighted by Crippen LogP contribution is -2.05. The second-order valence-corrected chi connectivity index (χ2v) is 4.04. The van der Waals surface area contributed by atoms with Crippen LogP contribution >= 0.6 is 31.9 Å². The van der Waals surface area contributed by atoms with Gasteiger partial charge in [-0.3, -0.25) is 0 Å². The van der Waals surface area contributed by atoms with Gasteiger partial charge in [0.05, 0.1) is 0 Å². The van der Waals surface area contributed by atoms with Crippen LogP contribution in [-0.2, 0) is 6.54 Å². The molecule has 1 N–H and O–H groups in total. The van der Waals surface area contributed by atoms with Crippen LogP contribution in [0.3, 0.4) is 0 Å². The smallest absolute Gasteiger partial charge is 0.0221 e. The number of rotatable bonds is 2. The molecule has 0 fully saturated rings. The molecule has 1 nitrogen and oxygen atoms in total. The first-order chi connectivity index (χ1) is 5.24. The highest BCUT2D eigenvalue weighted by atomic mass is 79.9. The van der Waals surface area contributed by atoms with Crippen molar-refractivity contribution in [1.82, 2.24) is 5.32 Å². The highest BCUT2D eigenvalue weighted by Crippen LogP contribution is 2.20. The maximum absolute atomic E-state index is 3.47. The van der Waals surface area contributed by atoms with Crippen molar-refractivity contribution in [2.24, 2.45) is 0 Å². The molecule has 3 heteroatoms. The van der Waals surface area contributed by atoms with E-state index in [4.69, 9.17) is 0 Å². The molecule has 0 atom stereocenters. The van der Waals surface area contributed by atoms with Crippen molar-refractivity contribution >= 4 is 31.9 Å². The van der Waals surface area contributed by atoms with E-state index in [2.05, 4.69) is 43.2 Å². The van der Waals surface area contributed by atoms with Gasteiger partial charge in [-0.2, -0.15) is 0 Å².